The Balaban J connectivity index is 2.67. The molecule has 0 aliphatic rings. The van der Waals surface area contributed by atoms with Crippen molar-refractivity contribution in [1.82, 2.24) is 0 Å². The Hall–Kier alpha value is -2.11. The molecule has 5 nitrogen and oxygen atoms in total. The van der Waals surface area contributed by atoms with Gasteiger partial charge in [-0.25, -0.2) is 4.79 Å². The predicted octanol–water partition coefficient (Wildman–Crippen LogP) is 2.82. The minimum absolute atomic E-state index is 0.297. The fourth-order valence-corrected chi connectivity index (χ4v) is 2.43. The third-order valence-electron chi connectivity index (χ3n) is 3.42. The molecule has 118 valence electrons. The summed E-state index contributed by atoms with van der Waals surface area (Å²) in [6.45, 7) is 7.89. The molecule has 0 fully saturated rings. The molecule has 0 saturated heterocycles. The second kappa shape index (κ2) is 6.77. The second-order valence-corrected chi connectivity index (χ2v) is 5.02. The number of ether oxygens (including phenoxy) is 2. The average Bonchev–Trinajstić information content (AvgIpc) is 2.50. The molecule has 0 saturated carbocycles. The van der Waals surface area contributed by atoms with Gasteiger partial charge in [-0.1, -0.05) is 6.58 Å². The summed E-state index contributed by atoms with van der Waals surface area (Å²) in [7, 11) is 1.49. The molecule has 1 heterocycles. The zero-order chi connectivity index (χ0) is 16.3. The van der Waals surface area contributed by atoms with Crippen molar-refractivity contribution in [3.8, 4) is 5.75 Å². The van der Waals surface area contributed by atoms with E-state index in [4.69, 9.17) is 13.9 Å². The fraction of sp³-hybridized carbons (Fsp3) is 0.353. The topological polar surface area (TPSA) is 68.9 Å². The van der Waals surface area contributed by atoms with Gasteiger partial charge in [-0.05, 0) is 37.6 Å². The summed E-state index contributed by atoms with van der Waals surface area (Å²) in [6.07, 6.45) is -1.67. The molecule has 1 aromatic heterocycles. The number of benzene rings is 1. The molecule has 0 amide bonds. The molecule has 2 rings (SSSR count). The third-order valence-corrected chi connectivity index (χ3v) is 3.42. The van der Waals surface area contributed by atoms with Crippen LogP contribution in [0.25, 0.3) is 11.0 Å². The molecule has 0 bridgehead atoms. The summed E-state index contributed by atoms with van der Waals surface area (Å²) in [5.74, 6) is 0.431. The fourth-order valence-electron chi connectivity index (χ4n) is 2.43. The summed E-state index contributed by atoms with van der Waals surface area (Å²) < 4.78 is 16.2. The van der Waals surface area contributed by atoms with E-state index >= 15 is 0 Å². The normalized spacial score (nSPS) is 13.8. The lowest BCUT2D eigenvalue weighted by atomic mass is 9.97. The number of aliphatic hydroxyl groups is 1. The number of fused-ring (bicyclic) bond motifs is 1. The van der Waals surface area contributed by atoms with Crippen LogP contribution < -0.4 is 10.4 Å². The quantitative estimate of drug-likeness (QED) is 0.656. The number of methoxy groups -OCH3 is 1. The van der Waals surface area contributed by atoms with Gasteiger partial charge < -0.3 is 19.0 Å². The van der Waals surface area contributed by atoms with Crippen molar-refractivity contribution in [3.63, 3.8) is 0 Å². The van der Waals surface area contributed by atoms with Gasteiger partial charge in [-0.3, -0.25) is 0 Å². The van der Waals surface area contributed by atoms with Crippen molar-refractivity contribution in [2.24, 2.45) is 0 Å². The maximum Gasteiger partial charge on any atom is 0.336 e. The molecule has 0 aliphatic carbocycles. The Bertz CT molecular complexity index is 731. The van der Waals surface area contributed by atoms with Gasteiger partial charge in [0, 0.05) is 18.1 Å². The maximum atomic E-state index is 11.5. The summed E-state index contributed by atoms with van der Waals surface area (Å²) >= 11 is 0. The summed E-state index contributed by atoms with van der Waals surface area (Å²) in [5, 5.41) is 11.5. The van der Waals surface area contributed by atoms with E-state index in [0.717, 1.165) is 0 Å². The van der Waals surface area contributed by atoms with Crippen LogP contribution >= 0.6 is 0 Å². The number of aliphatic hydroxyl groups excluding tert-OH is 1. The highest BCUT2D eigenvalue weighted by atomic mass is 16.5. The predicted molar refractivity (Wildman–Crippen MR) is 84.2 cm³/mol. The molecular formula is C17H20O5. The van der Waals surface area contributed by atoms with Gasteiger partial charge in [0.15, 0.2) is 0 Å². The molecule has 1 N–H and O–H groups in total. The lowest BCUT2D eigenvalue weighted by Gasteiger charge is -2.25. The van der Waals surface area contributed by atoms with Crippen molar-refractivity contribution in [2.45, 2.75) is 26.1 Å². The Kier molecular flexibility index (Phi) is 5.00. The molecular weight excluding hydrogens is 284 g/mol. The first-order chi connectivity index (χ1) is 10.5. The van der Waals surface area contributed by atoms with Crippen LogP contribution in [0.1, 0.15) is 25.5 Å². The van der Waals surface area contributed by atoms with Gasteiger partial charge in [-0.2, -0.15) is 0 Å². The molecule has 2 aromatic rings. The maximum absolute atomic E-state index is 11.5. The van der Waals surface area contributed by atoms with E-state index in [1.54, 1.807) is 25.1 Å². The monoisotopic (exact) mass is 304 g/mol. The Labute approximate surface area is 128 Å². The van der Waals surface area contributed by atoms with Crippen LogP contribution in [0.4, 0.5) is 0 Å². The molecule has 1 aromatic carbocycles. The third kappa shape index (κ3) is 3.05. The summed E-state index contributed by atoms with van der Waals surface area (Å²) in [4.78, 5) is 11.5. The molecule has 0 unspecified atom stereocenters. The standard InChI is InChI=1S/C17H20O5/c1-5-21-16(10(2)3)15(19)14-12(20-4)8-6-11-7-9-13(18)22-17(11)14/h6-9,15-16,19H,2,5H2,1,3-4H3/t15-,16+/m0/s1. The zero-order valence-corrected chi connectivity index (χ0v) is 13.0. The minimum atomic E-state index is -1.05. The van der Waals surface area contributed by atoms with Gasteiger partial charge in [0.25, 0.3) is 0 Å². The molecule has 0 spiro atoms. The Morgan fingerprint density at radius 3 is 2.64 bits per heavy atom. The van der Waals surface area contributed by atoms with E-state index in [-0.39, 0.29) is 0 Å². The largest absolute Gasteiger partial charge is 0.496 e. The highest BCUT2D eigenvalue weighted by Crippen LogP contribution is 2.36. The summed E-state index contributed by atoms with van der Waals surface area (Å²) in [6, 6.07) is 6.48. The molecule has 22 heavy (non-hydrogen) atoms. The average molecular weight is 304 g/mol. The van der Waals surface area contributed by atoms with Crippen LogP contribution in [0, 0.1) is 0 Å². The van der Waals surface area contributed by atoms with Crippen LogP contribution in [0.5, 0.6) is 5.75 Å². The number of rotatable bonds is 6. The smallest absolute Gasteiger partial charge is 0.336 e. The van der Waals surface area contributed by atoms with E-state index < -0.39 is 17.8 Å². The number of hydrogen-bond donors (Lipinski definition) is 1. The van der Waals surface area contributed by atoms with Gasteiger partial charge in [0.1, 0.15) is 23.5 Å². The van der Waals surface area contributed by atoms with Crippen LogP contribution in [0.3, 0.4) is 0 Å². The van der Waals surface area contributed by atoms with E-state index in [2.05, 4.69) is 6.58 Å². The van der Waals surface area contributed by atoms with Crippen molar-refractivity contribution < 1.29 is 19.0 Å². The Morgan fingerprint density at radius 2 is 2.05 bits per heavy atom. The molecule has 2 atom stereocenters. The van der Waals surface area contributed by atoms with E-state index in [9.17, 15) is 9.90 Å². The van der Waals surface area contributed by atoms with Crippen LogP contribution in [-0.4, -0.2) is 24.9 Å². The lowest BCUT2D eigenvalue weighted by molar-refractivity contribution is -0.0127. The first kappa shape index (κ1) is 16.3. The van der Waals surface area contributed by atoms with Crippen molar-refractivity contribution in [3.05, 3.63) is 52.4 Å². The van der Waals surface area contributed by atoms with E-state index in [1.807, 2.05) is 6.92 Å². The highest BCUT2D eigenvalue weighted by molar-refractivity contribution is 5.82. The van der Waals surface area contributed by atoms with Gasteiger partial charge in [0.05, 0.1) is 12.7 Å². The van der Waals surface area contributed by atoms with E-state index in [1.165, 1.54) is 13.2 Å². The van der Waals surface area contributed by atoms with Crippen LogP contribution in [0.15, 0.2) is 45.6 Å². The molecule has 5 heteroatoms. The SMILES string of the molecule is C=C(C)[C@@H](OCC)[C@@H](O)c1c(OC)ccc2ccc(=O)oc12. The second-order valence-electron chi connectivity index (χ2n) is 5.02. The minimum Gasteiger partial charge on any atom is -0.496 e. The van der Waals surface area contributed by atoms with Crippen molar-refractivity contribution >= 4 is 11.0 Å². The molecule has 0 aliphatic heterocycles. The van der Waals surface area contributed by atoms with Gasteiger partial charge in [0.2, 0.25) is 0 Å². The zero-order valence-electron chi connectivity index (χ0n) is 13.0. The van der Waals surface area contributed by atoms with Crippen LogP contribution in [-0.2, 0) is 4.74 Å². The first-order valence-corrected chi connectivity index (χ1v) is 7.05. The highest BCUT2D eigenvalue weighted by Gasteiger charge is 2.28. The first-order valence-electron chi connectivity index (χ1n) is 7.05. The van der Waals surface area contributed by atoms with Crippen LogP contribution in [0.2, 0.25) is 0 Å². The molecule has 0 radical (unpaired) electrons. The van der Waals surface area contributed by atoms with Crippen molar-refractivity contribution in [1.29, 1.82) is 0 Å². The van der Waals surface area contributed by atoms with E-state index in [0.29, 0.717) is 34.5 Å². The Morgan fingerprint density at radius 1 is 1.36 bits per heavy atom. The van der Waals surface area contributed by atoms with Gasteiger partial charge >= 0.3 is 5.63 Å². The van der Waals surface area contributed by atoms with Crippen molar-refractivity contribution in [2.75, 3.05) is 13.7 Å². The summed E-state index contributed by atoms with van der Waals surface area (Å²) in [5.41, 5.74) is 0.869. The van der Waals surface area contributed by atoms with Gasteiger partial charge in [-0.15, -0.1) is 0 Å². The number of hydrogen-bond acceptors (Lipinski definition) is 5. The lowest BCUT2D eigenvalue weighted by Crippen LogP contribution is -2.24.